The maximum Gasteiger partial charge on any atom is 0.0575 e. The SMILES string of the molecule is CCC=CCCOC1CCC(c2ccc(C34CCC(CCCCC)(CC3)CC4)cc2)CC1. The van der Waals surface area contributed by atoms with Gasteiger partial charge in [0.15, 0.2) is 0 Å². The molecule has 1 aromatic carbocycles. The van der Waals surface area contributed by atoms with Crippen molar-refractivity contribution < 1.29 is 4.74 Å². The Morgan fingerprint density at radius 3 is 2.16 bits per heavy atom. The van der Waals surface area contributed by atoms with E-state index in [1.165, 1.54) is 89.9 Å². The van der Waals surface area contributed by atoms with E-state index in [0.29, 0.717) is 16.9 Å². The third kappa shape index (κ3) is 5.69. The Bertz CT molecular complexity index is 682. The Morgan fingerprint density at radius 2 is 1.53 bits per heavy atom. The number of hydrogen-bond donors (Lipinski definition) is 0. The van der Waals surface area contributed by atoms with E-state index in [1.54, 1.807) is 11.1 Å². The number of hydrogen-bond acceptors (Lipinski definition) is 1. The van der Waals surface area contributed by atoms with Gasteiger partial charge in [-0.3, -0.25) is 0 Å². The highest BCUT2D eigenvalue weighted by molar-refractivity contribution is 5.33. The zero-order chi connectivity index (χ0) is 22.3. The predicted molar refractivity (Wildman–Crippen MR) is 137 cm³/mol. The molecule has 4 aliphatic rings. The smallest absolute Gasteiger partial charge is 0.0575 e. The van der Waals surface area contributed by atoms with Crippen molar-refractivity contribution in [2.24, 2.45) is 5.41 Å². The average Bonchev–Trinajstić information content (AvgIpc) is 2.86. The van der Waals surface area contributed by atoms with Crippen molar-refractivity contribution in [1.29, 1.82) is 0 Å². The highest BCUT2D eigenvalue weighted by Crippen LogP contribution is 2.59. The van der Waals surface area contributed by atoms with Crippen LogP contribution in [-0.4, -0.2) is 12.7 Å². The molecule has 4 aliphatic carbocycles. The number of fused-ring (bicyclic) bond motifs is 3. The van der Waals surface area contributed by atoms with Crippen molar-refractivity contribution in [3.63, 3.8) is 0 Å². The molecular weight excluding hydrogens is 388 g/mol. The molecule has 0 radical (unpaired) electrons. The second-order valence-electron chi connectivity index (χ2n) is 11.4. The van der Waals surface area contributed by atoms with E-state index in [9.17, 15) is 0 Å². The van der Waals surface area contributed by atoms with Crippen LogP contribution in [-0.2, 0) is 10.2 Å². The molecule has 0 N–H and O–H groups in total. The molecule has 0 aliphatic heterocycles. The summed E-state index contributed by atoms with van der Waals surface area (Å²) in [6, 6.07) is 10.0. The summed E-state index contributed by atoms with van der Waals surface area (Å²) in [5.41, 5.74) is 4.45. The fourth-order valence-corrected chi connectivity index (χ4v) is 7.08. The van der Waals surface area contributed by atoms with Crippen molar-refractivity contribution in [1.82, 2.24) is 0 Å². The van der Waals surface area contributed by atoms with Crippen LogP contribution in [0.2, 0.25) is 0 Å². The summed E-state index contributed by atoms with van der Waals surface area (Å²) in [7, 11) is 0. The van der Waals surface area contributed by atoms with Gasteiger partial charge in [-0.2, -0.15) is 0 Å². The molecule has 2 bridgehead atoms. The van der Waals surface area contributed by atoms with Gasteiger partial charge < -0.3 is 4.74 Å². The first-order valence-corrected chi connectivity index (χ1v) is 14.1. The zero-order valence-corrected chi connectivity index (χ0v) is 21.0. The molecule has 1 heteroatoms. The van der Waals surface area contributed by atoms with Crippen LogP contribution >= 0.6 is 0 Å². The summed E-state index contributed by atoms with van der Waals surface area (Å²) in [6.45, 7) is 5.42. The second-order valence-corrected chi connectivity index (χ2v) is 11.4. The first-order chi connectivity index (χ1) is 15.7. The molecular formula is C31H48O. The highest BCUT2D eigenvalue weighted by Gasteiger charge is 2.48. The van der Waals surface area contributed by atoms with Crippen LogP contribution < -0.4 is 0 Å². The third-order valence-electron chi connectivity index (χ3n) is 9.42. The number of allylic oxidation sites excluding steroid dienone is 1. The number of ether oxygens (including phenoxy) is 1. The fourth-order valence-electron chi connectivity index (χ4n) is 7.08. The number of unbranched alkanes of at least 4 members (excludes halogenated alkanes) is 2. The first-order valence-electron chi connectivity index (χ1n) is 14.1. The minimum absolute atomic E-state index is 0.488. The maximum absolute atomic E-state index is 6.13. The predicted octanol–water partition coefficient (Wildman–Crippen LogP) is 9.26. The van der Waals surface area contributed by atoms with Crippen LogP contribution in [0.1, 0.15) is 134 Å². The molecule has 0 amide bonds. The second kappa shape index (κ2) is 11.4. The largest absolute Gasteiger partial charge is 0.378 e. The zero-order valence-electron chi connectivity index (χ0n) is 21.0. The summed E-state index contributed by atoms with van der Waals surface area (Å²) < 4.78 is 6.13. The van der Waals surface area contributed by atoms with E-state index in [0.717, 1.165) is 25.4 Å². The molecule has 0 saturated heterocycles. The van der Waals surface area contributed by atoms with Gasteiger partial charge in [0.05, 0.1) is 12.7 Å². The Hall–Kier alpha value is -1.08. The lowest BCUT2D eigenvalue weighted by atomic mass is 9.51. The van der Waals surface area contributed by atoms with Gasteiger partial charge >= 0.3 is 0 Å². The normalized spacial score (nSPS) is 32.6. The van der Waals surface area contributed by atoms with E-state index in [4.69, 9.17) is 4.74 Å². The summed E-state index contributed by atoms with van der Waals surface area (Å²) in [6.07, 6.45) is 26.7. The lowest BCUT2D eigenvalue weighted by molar-refractivity contribution is 0.0273. The topological polar surface area (TPSA) is 9.23 Å². The number of benzene rings is 1. The van der Waals surface area contributed by atoms with E-state index >= 15 is 0 Å². The Kier molecular flexibility index (Phi) is 8.55. The van der Waals surface area contributed by atoms with Crippen molar-refractivity contribution in [3.8, 4) is 0 Å². The number of rotatable bonds is 11. The molecule has 178 valence electrons. The molecule has 4 saturated carbocycles. The summed E-state index contributed by atoms with van der Waals surface area (Å²) in [5, 5.41) is 0. The monoisotopic (exact) mass is 436 g/mol. The van der Waals surface area contributed by atoms with Gasteiger partial charge in [-0.1, -0.05) is 69.5 Å². The van der Waals surface area contributed by atoms with Gasteiger partial charge in [-0.15, -0.1) is 0 Å². The van der Waals surface area contributed by atoms with Crippen LogP contribution in [0, 0.1) is 5.41 Å². The fraction of sp³-hybridized carbons (Fsp3) is 0.742. The standard InChI is InChI=1S/C31H48O/c1-3-5-7-9-25-32-29-16-12-27(13-17-29)26-10-14-28(15-11-26)31-22-19-30(20-23-31,21-24-31)18-8-6-4-2/h5,7,10-11,14-15,27,29H,3-4,6,8-9,12-13,16-25H2,1-2H3. The van der Waals surface area contributed by atoms with Crippen molar-refractivity contribution in [3.05, 3.63) is 47.5 Å². The quantitative estimate of drug-likeness (QED) is 0.248. The van der Waals surface area contributed by atoms with Crippen LogP contribution in [0.25, 0.3) is 0 Å². The Labute approximate surface area is 198 Å². The van der Waals surface area contributed by atoms with E-state index < -0.39 is 0 Å². The van der Waals surface area contributed by atoms with E-state index in [1.807, 2.05) is 0 Å². The van der Waals surface area contributed by atoms with Crippen molar-refractivity contribution in [2.75, 3.05) is 6.61 Å². The van der Waals surface area contributed by atoms with Gasteiger partial charge in [0, 0.05) is 0 Å². The summed E-state index contributed by atoms with van der Waals surface area (Å²) in [5.74, 6) is 0.741. The molecule has 0 atom stereocenters. The van der Waals surface area contributed by atoms with Crippen LogP contribution in [0.3, 0.4) is 0 Å². The van der Waals surface area contributed by atoms with E-state index in [2.05, 4.69) is 50.3 Å². The highest BCUT2D eigenvalue weighted by atomic mass is 16.5. The first kappa shape index (κ1) is 24.1. The molecule has 1 aromatic rings. The maximum atomic E-state index is 6.13. The molecule has 4 fully saturated rings. The third-order valence-corrected chi connectivity index (χ3v) is 9.42. The van der Waals surface area contributed by atoms with Gasteiger partial charge in [0.1, 0.15) is 0 Å². The van der Waals surface area contributed by atoms with Crippen LogP contribution in [0.5, 0.6) is 0 Å². The van der Waals surface area contributed by atoms with Crippen LogP contribution in [0.4, 0.5) is 0 Å². The molecule has 0 spiro atoms. The Morgan fingerprint density at radius 1 is 0.844 bits per heavy atom. The van der Waals surface area contributed by atoms with Crippen molar-refractivity contribution >= 4 is 0 Å². The van der Waals surface area contributed by atoms with Gasteiger partial charge in [-0.25, -0.2) is 0 Å². The van der Waals surface area contributed by atoms with Gasteiger partial charge in [0.25, 0.3) is 0 Å². The molecule has 5 rings (SSSR count). The van der Waals surface area contributed by atoms with Crippen molar-refractivity contribution in [2.45, 2.75) is 134 Å². The lowest BCUT2D eigenvalue weighted by Gasteiger charge is -2.54. The minimum Gasteiger partial charge on any atom is -0.378 e. The minimum atomic E-state index is 0.488. The molecule has 0 aromatic heterocycles. The lowest BCUT2D eigenvalue weighted by Crippen LogP contribution is -2.44. The molecule has 32 heavy (non-hydrogen) atoms. The molecule has 0 heterocycles. The Balaban J connectivity index is 1.25. The molecule has 0 unspecified atom stereocenters. The van der Waals surface area contributed by atoms with Gasteiger partial charge in [0.2, 0.25) is 0 Å². The average molecular weight is 437 g/mol. The molecule has 1 nitrogen and oxygen atoms in total. The van der Waals surface area contributed by atoms with Gasteiger partial charge in [-0.05, 0) is 111 Å². The summed E-state index contributed by atoms with van der Waals surface area (Å²) in [4.78, 5) is 0. The summed E-state index contributed by atoms with van der Waals surface area (Å²) >= 11 is 0. The van der Waals surface area contributed by atoms with Crippen LogP contribution in [0.15, 0.2) is 36.4 Å². The van der Waals surface area contributed by atoms with E-state index in [-0.39, 0.29) is 0 Å².